The van der Waals surface area contributed by atoms with Crippen LogP contribution in [0.2, 0.25) is 0 Å². The molecule has 0 amide bonds. The molecule has 0 saturated carbocycles. The first-order valence-corrected chi connectivity index (χ1v) is 3.62. The van der Waals surface area contributed by atoms with Crippen LogP contribution in [-0.4, -0.2) is 35.6 Å². The Kier molecular flexibility index (Phi) is 2.27. The van der Waals surface area contributed by atoms with Crippen molar-refractivity contribution in [3.63, 3.8) is 0 Å². The molecule has 0 bridgehead atoms. The summed E-state index contributed by atoms with van der Waals surface area (Å²) in [6.07, 6.45) is 1.15. The van der Waals surface area contributed by atoms with E-state index in [0.717, 1.165) is 19.5 Å². The van der Waals surface area contributed by atoms with E-state index >= 15 is 0 Å². The van der Waals surface area contributed by atoms with Gasteiger partial charge in [-0.05, 0) is 18.9 Å². The third-order valence-corrected chi connectivity index (χ3v) is 1.87. The van der Waals surface area contributed by atoms with E-state index in [1.807, 2.05) is 4.90 Å². The van der Waals surface area contributed by atoms with Gasteiger partial charge in [0, 0.05) is 6.54 Å². The quantitative estimate of drug-likeness (QED) is 0.608. The number of carbonyl (C=O) groups is 1. The number of rotatable bonds is 2. The van der Waals surface area contributed by atoms with Crippen molar-refractivity contribution in [3.05, 3.63) is 0 Å². The van der Waals surface area contributed by atoms with E-state index in [1.54, 1.807) is 0 Å². The average Bonchev–Trinajstić information content (AvgIpc) is 2.13. The van der Waals surface area contributed by atoms with E-state index in [2.05, 4.69) is 6.92 Å². The molecule has 1 heterocycles. The molecule has 0 aliphatic carbocycles. The highest BCUT2D eigenvalue weighted by molar-refractivity contribution is 5.69. The van der Waals surface area contributed by atoms with Crippen molar-refractivity contribution in [2.45, 2.75) is 13.3 Å². The monoisotopic (exact) mass is 143 g/mol. The zero-order valence-corrected chi connectivity index (χ0v) is 6.21. The topological polar surface area (TPSA) is 40.5 Å². The molecule has 1 rings (SSSR count). The molecule has 1 saturated heterocycles. The van der Waals surface area contributed by atoms with Crippen LogP contribution >= 0.6 is 0 Å². The van der Waals surface area contributed by atoms with Gasteiger partial charge in [0.25, 0.3) is 0 Å². The molecule has 0 radical (unpaired) electrons. The third kappa shape index (κ3) is 1.99. The Balaban J connectivity index is 2.24. The minimum atomic E-state index is -0.714. The van der Waals surface area contributed by atoms with E-state index in [1.165, 1.54) is 0 Å². The van der Waals surface area contributed by atoms with Crippen molar-refractivity contribution in [2.24, 2.45) is 5.92 Å². The van der Waals surface area contributed by atoms with Gasteiger partial charge < -0.3 is 5.11 Å². The second kappa shape index (κ2) is 3.01. The van der Waals surface area contributed by atoms with Gasteiger partial charge in [-0.3, -0.25) is 9.69 Å². The lowest BCUT2D eigenvalue weighted by atomic mass is 10.2. The molecular weight excluding hydrogens is 130 g/mol. The van der Waals surface area contributed by atoms with Gasteiger partial charge in [-0.15, -0.1) is 0 Å². The Morgan fingerprint density at radius 2 is 2.50 bits per heavy atom. The number of likely N-dealkylation sites (tertiary alicyclic amines) is 1. The van der Waals surface area contributed by atoms with Crippen molar-refractivity contribution in [1.82, 2.24) is 4.90 Å². The molecule has 1 atom stereocenters. The lowest BCUT2D eigenvalue weighted by Gasteiger charge is -2.10. The Hall–Kier alpha value is -0.570. The lowest BCUT2D eigenvalue weighted by Crippen LogP contribution is -2.27. The average molecular weight is 143 g/mol. The molecule has 3 nitrogen and oxygen atoms in total. The summed E-state index contributed by atoms with van der Waals surface area (Å²) < 4.78 is 0. The molecule has 3 heteroatoms. The number of nitrogens with zero attached hydrogens (tertiary/aromatic N) is 1. The lowest BCUT2D eigenvalue weighted by molar-refractivity contribution is -0.138. The maximum Gasteiger partial charge on any atom is 0.317 e. The number of carboxylic acid groups (broad SMARTS) is 1. The van der Waals surface area contributed by atoms with Gasteiger partial charge in [-0.25, -0.2) is 0 Å². The van der Waals surface area contributed by atoms with E-state index in [9.17, 15) is 4.79 Å². The molecule has 0 aromatic rings. The van der Waals surface area contributed by atoms with Crippen LogP contribution in [0.5, 0.6) is 0 Å². The van der Waals surface area contributed by atoms with Gasteiger partial charge in [0.2, 0.25) is 0 Å². The fourth-order valence-corrected chi connectivity index (χ4v) is 1.36. The molecule has 0 aromatic carbocycles. The van der Waals surface area contributed by atoms with Gasteiger partial charge >= 0.3 is 5.97 Å². The number of hydrogen-bond acceptors (Lipinski definition) is 2. The standard InChI is InChI=1S/C7H13NO2/c1-6-2-3-8(4-6)5-7(9)10/h6H,2-5H2,1H3,(H,9,10)/t6-/m0/s1. The van der Waals surface area contributed by atoms with Gasteiger partial charge in [-0.1, -0.05) is 6.92 Å². The highest BCUT2D eigenvalue weighted by Gasteiger charge is 2.19. The van der Waals surface area contributed by atoms with E-state index in [4.69, 9.17) is 5.11 Å². The molecule has 1 fully saturated rings. The minimum absolute atomic E-state index is 0.213. The van der Waals surface area contributed by atoms with Crippen LogP contribution < -0.4 is 0 Å². The molecule has 10 heavy (non-hydrogen) atoms. The van der Waals surface area contributed by atoms with Crippen LogP contribution in [0.3, 0.4) is 0 Å². The Morgan fingerprint density at radius 1 is 1.80 bits per heavy atom. The summed E-state index contributed by atoms with van der Waals surface area (Å²) in [5.74, 6) is -0.0338. The van der Waals surface area contributed by atoms with E-state index < -0.39 is 5.97 Å². The predicted molar refractivity (Wildman–Crippen MR) is 37.9 cm³/mol. The number of carboxylic acids is 1. The zero-order valence-electron chi connectivity index (χ0n) is 6.21. The first-order valence-electron chi connectivity index (χ1n) is 3.62. The van der Waals surface area contributed by atoms with Gasteiger partial charge in [0.05, 0.1) is 6.54 Å². The van der Waals surface area contributed by atoms with Gasteiger partial charge in [-0.2, -0.15) is 0 Å². The second-order valence-electron chi connectivity index (χ2n) is 3.02. The summed E-state index contributed by atoms with van der Waals surface area (Å²) in [7, 11) is 0. The highest BCUT2D eigenvalue weighted by atomic mass is 16.4. The maximum absolute atomic E-state index is 10.2. The predicted octanol–water partition coefficient (Wildman–Crippen LogP) is 0.413. The minimum Gasteiger partial charge on any atom is -0.480 e. The molecule has 1 N–H and O–H groups in total. The summed E-state index contributed by atoms with van der Waals surface area (Å²) in [5.41, 5.74) is 0. The molecule has 0 aromatic heterocycles. The van der Waals surface area contributed by atoms with Crippen LogP contribution in [0.1, 0.15) is 13.3 Å². The summed E-state index contributed by atoms with van der Waals surface area (Å²) in [6.45, 7) is 4.27. The molecule has 1 aliphatic heterocycles. The summed E-state index contributed by atoms with van der Waals surface area (Å²) >= 11 is 0. The first-order chi connectivity index (χ1) is 4.68. The fraction of sp³-hybridized carbons (Fsp3) is 0.857. The fourth-order valence-electron chi connectivity index (χ4n) is 1.36. The van der Waals surface area contributed by atoms with Crippen LogP contribution in [0.4, 0.5) is 0 Å². The zero-order chi connectivity index (χ0) is 7.56. The van der Waals surface area contributed by atoms with Gasteiger partial charge in [0.1, 0.15) is 0 Å². The Morgan fingerprint density at radius 3 is 2.90 bits per heavy atom. The molecule has 58 valence electrons. The van der Waals surface area contributed by atoms with Crippen molar-refractivity contribution in [1.29, 1.82) is 0 Å². The van der Waals surface area contributed by atoms with Crippen molar-refractivity contribution >= 4 is 5.97 Å². The van der Waals surface area contributed by atoms with Gasteiger partial charge in [0.15, 0.2) is 0 Å². The highest BCUT2D eigenvalue weighted by Crippen LogP contribution is 2.13. The molecular formula is C7H13NO2. The molecule has 1 aliphatic rings. The van der Waals surface area contributed by atoms with Crippen LogP contribution in [0.15, 0.2) is 0 Å². The smallest absolute Gasteiger partial charge is 0.317 e. The van der Waals surface area contributed by atoms with E-state index in [0.29, 0.717) is 5.92 Å². The SMILES string of the molecule is C[C@H]1CCN(CC(=O)O)C1. The van der Waals surface area contributed by atoms with Crippen molar-refractivity contribution in [2.75, 3.05) is 19.6 Å². The van der Waals surface area contributed by atoms with Crippen LogP contribution in [-0.2, 0) is 4.79 Å². The molecule has 0 unspecified atom stereocenters. The van der Waals surface area contributed by atoms with Crippen molar-refractivity contribution < 1.29 is 9.90 Å². The van der Waals surface area contributed by atoms with Crippen molar-refractivity contribution in [3.8, 4) is 0 Å². The number of hydrogen-bond donors (Lipinski definition) is 1. The van der Waals surface area contributed by atoms with Crippen LogP contribution in [0.25, 0.3) is 0 Å². The Labute approximate surface area is 60.6 Å². The number of aliphatic carboxylic acids is 1. The first kappa shape index (κ1) is 7.54. The summed E-state index contributed by atoms with van der Waals surface area (Å²) in [4.78, 5) is 12.2. The van der Waals surface area contributed by atoms with E-state index in [-0.39, 0.29) is 6.54 Å². The normalized spacial score (nSPS) is 27.1. The molecule has 0 spiro atoms. The largest absolute Gasteiger partial charge is 0.480 e. The third-order valence-electron chi connectivity index (χ3n) is 1.87. The maximum atomic E-state index is 10.2. The van der Waals surface area contributed by atoms with Crippen LogP contribution in [0, 0.1) is 5.92 Å². The second-order valence-corrected chi connectivity index (χ2v) is 3.02. The Bertz CT molecular complexity index is 136. The summed E-state index contributed by atoms with van der Waals surface area (Å²) in [5, 5.41) is 8.42. The summed E-state index contributed by atoms with van der Waals surface area (Å²) in [6, 6.07) is 0.